The first kappa shape index (κ1) is 15.3. The van der Waals surface area contributed by atoms with Crippen LogP contribution in [-0.4, -0.2) is 28.4 Å². The summed E-state index contributed by atoms with van der Waals surface area (Å²) in [6, 6.07) is 0.0597. The lowest BCUT2D eigenvalue weighted by atomic mass is 9.97. The van der Waals surface area contributed by atoms with E-state index in [-0.39, 0.29) is 12.1 Å². The number of hydrogen-bond acceptors (Lipinski definition) is 3. The van der Waals surface area contributed by atoms with E-state index in [1.165, 1.54) is 0 Å². The van der Waals surface area contributed by atoms with E-state index in [1.807, 2.05) is 20.8 Å². The third kappa shape index (κ3) is 5.71. The van der Waals surface area contributed by atoms with Crippen molar-refractivity contribution in [2.75, 3.05) is 0 Å². The van der Waals surface area contributed by atoms with Crippen molar-refractivity contribution in [3.05, 3.63) is 0 Å². The average molecular weight is 257 g/mol. The molecule has 0 spiro atoms. The third-order valence-corrected chi connectivity index (χ3v) is 3.25. The normalized spacial score (nSPS) is 19.5. The van der Waals surface area contributed by atoms with E-state index >= 15 is 0 Å². The van der Waals surface area contributed by atoms with Crippen molar-refractivity contribution in [1.82, 2.24) is 5.32 Å². The lowest BCUT2D eigenvalue weighted by Gasteiger charge is -2.26. The molecule has 0 aromatic heterocycles. The maximum atomic E-state index is 11.7. The fraction of sp³-hybridized carbons (Fsp3) is 0.929. The number of alkyl carbamates (subject to hydrolysis) is 1. The number of hydrogen-bond donors (Lipinski definition) is 2. The van der Waals surface area contributed by atoms with Gasteiger partial charge in [-0.3, -0.25) is 0 Å². The van der Waals surface area contributed by atoms with Crippen molar-refractivity contribution < 1.29 is 14.6 Å². The summed E-state index contributed by atoms with van der Waals surface area (Å²) < 4.78 is 5.25. The van der Waals surface area contributed by atoms with E-state index in [1.54, 1.807) is 0 Å². The highest BCUT2D eigenvalue weighted by Gasteiger charge is 2.40. The number of carbonyl (C=O) groups excluding carboxylic acids is 1. The minimum atomic E-state index is -0.472. The largest absolute Gasteiger partial charge is 0.444 e. The molecular formula is C14H27NO3. The summed E-state index contributed by atoms with van der Waals surface area (Å²) >= 11 is 0. The Morgan fingerprint density at radius 1 is 1.39 bits per heavy atom. The molecule has 0 radical (unpaired) electrons. The number of aliphatic hydroxyl groups is 1. The van der Waals surface area contributed by atoms with Gasteiger partial charge in [0.2, 0.25) is 0 Å². The molecular weight excluding hydrogens is 230 g/mol. The van der Waals surface area contributed by atoms with E-state index in [4.69, 9.17) is 4.74 Å². The molecule has 1 atom stereocenters. The van der Waals surface area contributed by atoms with Gasteiger partial charge in [-0.05, 0) is 52.4 Å². The monoisotopic (exact) mass is 257 g/mol. The Labute approximate surface area is 110 Å². The fourth-order valence-corrected chi connectivity index (χ4v) is 1.85. The van der Waals surface area contributed by atoms with Gasteiger partial charge < -0.3 is 15.2 Å². The van der Waals surface area contributed by atoms with Gasteiger partial charge in [-0.15, -0.1) is 0 Å². The van der Waals surface area contributed by atoms with Crippen molar-refractivity contribution >= 4 is 6.09 Å². The Morgan fingerprint density at radius 3 is 2.33 bits per heavy atom. The second kappa shape index (κ2) is 5.47. The zero-order chi connectivity index (χ0) is 14.0. The van der Waals surface area contributed by atoms with Crippen molar-refractivity contribution in [2.24, 2.45) is 5.92 Å². The Kier molecular flexibility index (Phi) is 4.65. The zero-order valence-electron chi connectivity index (χ0n) is 12.2. The lowest BCUT2D eigenvalue weighted by molar-refractivity contribution is 0.0474. The van der Waals surface area contributed by atoms with Gasteiger partial charge in [-0.25, -0.2) is 4.79 Å². The molecule has 1 rings (SSSR count). The van der Waals surface area contributed by atoms with Crippen molar-refractivity contribution in [3.8, 4) is 0 Å². The SMILES string of the molecule is CC(C)C(CCC1(O)CC1)NC(=O)OC(C)(C)C. The molecule has 4 heteroatoms. The molecule has 2 N–H and O–H groups in total. The first-order valence-electron chi connectivity index (χ1n) is 6.83. The quantitative estimate of drug-likeness (QED) is 0.796. The highest BCUT2D eigenvalue weighted by Crippen LogP contribution is 2.39. The van der Waals surface area contributed by atoms with Crippen LogP contribution in [0.1, 0.15) is 60.3 Å². The number of amides is 1. The highest BCUT2D eigenvalue weighted by atomic mass is 16.6. The summed E-state index contributed by atoms with van der Waals surface area (Å²) in [7, 11) is 0. The van der Waals surface area contributed by atoms with Crippen LogP contribution in [0, 0.1) is 5.92 Å². The van der Waals surface area contributed by atoms with Crippen LogP contribution in [0.3, 0.4) is 0 Å². The Hall–Kier alpha value is -0.770. The van der Waals surface area contributed by atoms with Gasteiger partial charge in [0.1, 0.15) is 5.60 Å². The molecule has 1 amide bonds. The number of ether oxygens (including phenoxy) is 1. The molecule has 0 heterocycles. The van der Waals surface area contributed by atoms with E-state index in [2.05, 4.69) is 19.2 Å². The van der Waals surface area contributed by atoms with Crippen LogP contribution in [0.4, 0.5) is 4.79 Å². The summed E-state index contributed by atoms with van der Waals surface area (Å²) in [6.45, 7) is 9.69. The van der Waals surface area contributed by atoms with Crippen LogP contribution in [-0.2, 0) is 4.74 Å². The molecule has 1 aliphatic carbocycles. The molecule has 0 aliphatic heterocycles. The van der Waals surface area contributed by atoms with Crippen LogP contribution in [0.15, 0.2) is 0 Å². The van der Waals surface area contributed by atoms with E-state index in [0.29, 0.717) is 5.92 Å². The van der Waals surface area contributed by atoms with Crippen LogP contribution >= 0.6 is 0 Å². The second-order valence-corrected chi connectivity index (χ2v) is 6.76. The number of rotatable bonds is 5. The van der Waals surface area contributed by atoms with Crippen LogP contribution in [0.25, 0.3) is 0 Å². The molecule has 0 bridgehead atoms. The number of nitrogens with one attached hydrogen (secondary N) is 1. The Bertz CT molecular complexity index is 290. The zero-order valence-corrected chi connectivity index (χ0v) is 12.2. The van der Waals surface area contributed by atoms with Crippen LogP contribution < -0.4 is 5.32 Å². The average Bonchev–Trinajstić information content (AvgIpc) is 2.88. The summed E-state index contributed by atoms with van der Waals surface area (Å²) in [6.07, 6.45) is 2.97. The van der Waals surface area contributed by atoms with Gasteiger partial charge in [-0.1, -0.05) is 13.8 Å². The maximum absolute atomic E-state index is 11.7. The Balaban J connectivity index is 2.39. The second-order valence-electron chi connectivity index (χ2n) is 6.76. The molecule has 1 saturated carbocycles. The molecule has 1 unspecified atom stereocenters. The van der Waals surface area contributed by atoms with Gasteiger partial charge in [0, 0.05) is 6.04 Å². The first-order valence-corrected chi connectivity index (χ1v) is 6.83. The van der Waals surface area contributed by atoms with Crippen molar-refractivity contribution in [3.63, 3.8) is 0 Å². The predicted octanol–water partition coefficient (Wildman–Crippen LogP) is 2.84. The molecule has 1 fully saturated rings. The lowest BCUT2D eigenvalue weighted by Crippen LogP contribution is -2.42. The van der Waals surface area contributed by atoms with Crippen molar-refractivity contribution in [1.29, 1.82) is 0 Å². The van der Waals surface area contributed by atoms with Crippen LogP contribution in [0.2, 0.25) is 0 Å². The van der Waals surface area contributed by atoms with E-state index in [9.17, 15) is 9.90 Å². The number of carbonyl (C=O) groups is 1. The molecule has 0 aromatic carbocycles. The molecule has 0 saturated heterocycles. The fourth-order valence-electron chi connectivity index (χ4n) is 1.85. The van der Waals surface area contributed by atoms with Gasteiger partial charge >= 0.3 is 6.09 Å². The van der Waals surface area contributed by atoms with Crippen molar-refractivity contribution in [2.45, 2.75) is 77.5 Å². The first-order chi connectivity index (χ1) is 8.11. The molecule has 0 aromatic rings. The minimum Gasteiger partial charge on any atom is -0.444 e. The maximum Gasteiger partial charge on any atom is 0.407 e. The van der Waals surface area contributed by atoms with Gasteiger partial charge in [0.25, 0.3) is 0 Å². The highest BCUT2D eigenvalue weighted by molar-refractivity contribution is 5.68. The summed E-state index contributed by atoms with van der Waals surface area (Å²) in [5.41, 5.74) is -0.928. The molecule has 18 heavy (non-hydrogen) atoms. The molecule has 4 nitrogen and oxygen atoms in total. The minimum absolute atomic E-state index is 0.0597. The van der Waals surface area contributed by atoms with E-state index in [0.717, 1.165) is 25.7 Å². The topological polar surface area (TPSA) is 58.6 Å². The standard InChI is InChI=1S/C14H27NO3/c1-10(2)11(6-7-14(17)8-9-14)15-12(16)18-13(3,4)5/h10-11,17H,6-9H2,1-5H3,(H,15,16). The Morgan fingerprint density at radius 2 is 1.94 bits per heavy atom. The third-order valence-electron chi connectivity index (χ3n) is 3.25. The van der Waals surface area contributed by atoms with E-state index < -0.39 is 11.2 Å². The van der Waals surface area contributed by atoms with Gasteiger partial charge in [0.15, 0.2) is 0 Å². The predicted molar refractivity (Wildman–Crippen MR) is 71.4 cm³/mol. The van der Waals surface area contributed by atoms with Crippen LogP contribution in [0.5, 0.6) is 0 Å². The molecule has 1 aliphatic rings. The summed E-state index contributed by atoms with van der Waals surface area (Å²) in [4.78, 5) is 11.7. The van der Waals surface area contributed by atoms with Gasteiger partial charge in [-0.2, -0.15) is 0 Å². The molecule has 106 valence electrons. The summed E-state index contributed by atoms with van der Waals surface area (Å²) in [5, 5.41) is 12.7. The smallest absolute Gasteiger partial charge is 0.407 e. The summed E-state index contributed by atoms with van der Waals surface area (Å²) in [5.74, 6) is 0.333. The van der Waals surface area contributed by atoms with Gasteiger partial charge in [0.05, 0.1) is 5.60 Å².